The van der Waals surface area contributed by atoms with E-state index < -0.39 is 10.0 Å². The Kier molecular flexibility index (Phi) is 6.52. The molecule has 9 heteroatoms. The average Bonchev–Trinajstić information content (AvgIpc) is 3.06. The number of carbonyl (C=O) groups excluding carboxylic acids is 2. The lowest BCUT2D eigenvalue weighted by atomic mass is 10.0. The van der Waals surface area contributed by atoms with Gasteiger partial charge in [0.1, 0.15) is 12.3 Å². The minimum absolute atomic E-state index is 0.104. The molecule has 0 aromatic heterocycles. The van der Waals surface area contributed by atoms with Gasteiger partial charge in [-0.25, -0.2) is 8.42 Å². The van der Waals surface area contributed by atoms with Crippen LogP contribution in [0.15, 0.2) is 23.1 Å². The van der Waals surface area contributed by atoms with Crippen LogP contribution in [-0.4, -0.2) is 68.3 Å². The van der Waals surface area contributed by atoms with Gasteiger partial charge in [0.2, 0.25) is 15.9 Å². The Balaban J connectivity index is 1.61. The first-order chi connectivity index (χ1) is 14.9. The fourth-order valence-electron chi connectivity index (χ4n) is 4.64. The van der Waals surface area contributed by atoms with Gasteiger partial charge < -0.3 is 9.64 Å². The maximum atomic E-state index is 13.2. The Hall–Kier alpha value is -2.13. The summed E-state index contributed by atoms with van der Waals surface area (Å²) in [4.78, 5) is 28.9. The Morgan fingerprint density at radius 3 is 2.48 bits per heavy atom. The normalized spacial score (nSPS) is 23.1. The molecule has 3 aliphatic heterocycles. The van der Waals surface area contributed by atoms with Crippen molar-refractivity contribution in [2.24, 2.45) is 0 Å². The average molecular weight is 450 g/mol. The molecular formula is C22H31N3O5S. The molecule has 0 spiro atoms. The van der Waals surface area contributed by atoms with Crippen molar-refractivity contribution in [2.75, 3.05) is 37.7 Å². The fourth-order valence-corrected chi connectivity index (χ4v) is 6.18. The number of nitrogens with zero attached hydrogens (tertiary/aromatic N) is 3. The van der Waals surface area contributed by atoms with E-state index in [1.807, 2.05) is 11.8 Å². The summed E-state index contributed by atoms with van der Waals surface area (Å²) < 4.78 is 33.5. The van der Waals surface area contributed by atoms with Gasteiger partial charge in [-0.05, 0) is 57.2 Å². The quantitative estimate of drug-likeness (QED) is 0.704. The first-order valence-corrected chi connectivity index (χ1v) is 12.7. The third-order valence-electron chi connectivity index (χ3n) is 6.49. The van der Waals surface area contributed by atoms with Crippen LogP contribution in [0.5, 0.6) is 5.75 Å². The number of anilines is 1. The van der Waals surface area contributed by atoms with Crippen molar-refractivity contribution in [3.63, 3.8) is 0 Å². The Morgan fingerprint density at radius 2 is 1.77 bits per heavy atom. The van der Waals surface area contributed by atoms with Crippen LogP contribution in [0.4, 0.5) is 5.69 Å². The molecule has 3 aliphatic rings. The lowest BCUT2D eigenvalue weighted by molar-refractivity contribution is -0.134. The number of hydrogen-bond acceptors (Lipinski definition) is 5. The molecule has 1 unspecified atom stereocenters. The lowest BCUT2D eigenvalue weighted by Gasteiger charge is -2.36. The van der Waals surface area contributed by atoms with Gasteiger partial charge in [-0.15, -0.1) is 0 Å². The molecule has 31 heavy (non-hydrogen) atoms. The van der Waals surface area contributed by atoms with Gasteiger partial charge in [-0.2, -0.15) is 4.31 Å². The molecule has 2 amide bonds. The Bertz CT molecular complexity index is 940. The van der Waals surface area contributed by atoms with Gasteiger partial charge in [0, 0.05) is 25.7 Å². The maximum absolute atomic E-state index is 13.2. The minimum atomic E-state index is -3.67. The van der Waals surface area contributed by atoms with Gasteiger partial charge in [0.25, 0.3) is 5.91 Å². The number of fused-ring (bicyclic) bond motifs is 1. The lowest BCUT2D eigenvalue weighted by Crippen LogP contribution is -2.50. The van der Waals surface area contributed by atoms with E-state index >= 15 is 0 Å². The fraction of sp³-hybridized carbons (Fsp3) is 0.636. The summed E-state index contributed by atoms with van der Waals surface area (Å²) in [7, 11) is -3.67. The van der Waals surface area contributed by atoms with Gasteiger partial charge in [0.15, 0.2) is 6.61 Å². The molecule has 0 bridgehead atoms. The molecule has 4 rings (SSSR count). The summed E-state index contributed by atoms with van der Waals surface area (Å²) in [6.07, 6.45) is 6.77. The first-order valence-electron chi connectivity index (χ1n) is 11.2. The van der Waals surface area contributed by atoms with Gasteiger partial charge in [-0.3, -0.25) is 14.5 Å². The molecule has 1 aromatic rings. The van der Waals surface area contributed by atoms with Crippen LogP contribution < -0.4 is 9.64 Å². The van der Waals surface area contributed by atoms with E-state index in [0.717, 1.165) is 44.9 Å². The molecule has 170 valence electrons. The van der Waals surface area contributed by atoms with Crippen molar-refractivity contribution in [1.82, 2.24) is 9.21 Å². The van der Waals surface area contributed by atoms with E-state index in [0.29, 0.717) is 31.1 Å². The van der Waals surface area contributed by atoms with Crippen LogP contribution >= 0.6 is 0 Å². The van der Waals surface area contributed by atoms with E-state index in [2.05, 4.69) is 0 Å². The zero-order valence-electron chi connectivity index (χ0n) is 18.1. The monoisotopic (exact) mass is 449 g/mol. The summed E-state index contributed by atoms with van der Waals surface area (Å²) in [6, 6.07) is 4.75. The molecule has 8 nitrogen and oxygen atoms in total. The maximum Gasteiger partial charge on any atom is 0.265 e. The number of hydrogen-bond donors (Lipinski definition) is 0. The van der Waals surface area contributed by atoms with Crippen LogP contribution in [0.1, 0.15) is 51.9 Å². The molecule has 0 saturated carbocycles. The number of piperidine rings is 1. The molecule has 1 atom stereocenters. The van der Waals surface area contributed by atoms with Gasteiger partial charge >= 0.3 is 0 Å². The van der Waals surface area contributed by atoms with E-state index in [4.69, 9.17) is 4.74 Å². The molecule has 0 radical (unpaired) electrons. The zero-order valence-corrected chi connectivity index (χ0v) is 18.9. The number of benzene rings is 1. The minimum Gasteiger partial charge on any atom is -0.482 e. The van der Waals surface area contributed by atoms with Crippen molar-refractivity contribution in [1.29, 1.82) is 0 Å². The second kappa shape index (κ2) is 9.16. The number of likely N-dealkylation sites (tertiary alicyclic amines) is 1. The zero-order chi connectivity index (χ0) is 22.0. The van der Waals surface area contributed by atoms with E-state index in [1.54, 1.807) is 6.07 Å². The predicted molar refractivity (Wildman–Crippen MR) is 117 cm³/mol. The standard InChI is InChI=1S/C22H31N3O5S/c1-17-8-4-7-13-24(17)21(26)15-25-19-14-18(9-10-20(19)30-16-22(25)27)31(28,29)23-11-5-2-3-6-12-23/h9-10,14,17H,2-8,11-13,15-16H2,1H3. The summed E-state index contributed by atoms with van der Waals surface area (Å²) >= 11 is 0. The van der Waals surface area contributed by atoms with Crippen LogP contribution in [0.2, 0.25) is 0 Å². The summed E-state index contributed by atoms with van der Waals surface area (Å²) in [5.41, 5.74) is 0.352. The first kappa shape index (κ1) is 22.1. The molecule has 1 aromatic carbocycles. The highest BCUT2D eigenvalue weighted by Crippen LogP contribution is 2.35. The summed E-state index contributed by atoms with van der Waals surface area (Å²) in [5.74, 6) is -0.0297. The van der Waals surface area contributed by atoms with Crippen LogP contribution in [0.3, 0.4) is 0 Å². The van der Waals surface area contributed by atoms with Gasteiger partial charge in [0.05, 0.1) is 10.6 Å². The summed E-state index contributed by atoms with van der Waals surface area (Å²) in [5, 5.41) is 0. The highest BCUT2D eigenvalue weighted by molar-refractivity contribution is 7.89. The van der Waals surface area contributed by atoms with E-state index in [-0.39, 0.29) is 35.9 Å². The van der Waals surface area contributed by atoms with Crippen molar-refractivity contribution in [3.8, 4) is 5.75 Å². The van der Waals surface area contributed by atoms with Crippen molar-refractivity contribution in [2.45, 2.75) is 62.8 Å². The van der Waals surface area contributed by atoms with Crippen molar-refractivity contribution >= 4 is 27.5 Å². The molecular weight excluding hydrogens is 418 g/mol. The van der Waals surface area contributed by atoms with Crippen LogP contribution in [0.25, 0.3) is 0 Å². The predicted octanol–water partition coefficient (Wildman–Crippen LogP) is 2.38. The number of carbonyl (C=O) groups is 2. The summed E-state index contributed by atoms with van der Waals surface area (Å²) in [6.45, 7) is 3.46. The Labute approximate surface area is 184 Å². The van der Waals surface area contributed by atoms with E-state index in [9.17, 15) is 18.0 Å². The second-order valence-corrected chi connectivity index (χ2v) is 10.6. The van der Waals surface area contributed by atoms with Crippen molar-refractivity contribution < 1.29 is 22.7 Å². The molecule has 2 fully saturated rings. The third kappa shape index (κ3) is 4.57. The Morgan fingerprint density at radius 1 is 1.06 bits per heavy atom. The number of ether oxygens (including phenoxy) is 1. The third-order valence-corrected chi connectivity index (χ3v) is 8.39. The second-order valence-electron chi connectivity index (χ2n) is 8.65. The molecule has 0 N–H and O–H groups in total. The molecule has 0 aliphatic carbocycles. The molecule has 2 saturated heterocycles. The number of amides is 2. The SMILES string of the molecule is CC1CCCCN1C(=O)CN1C(=O)COc2ccc(S(=O)(=O)N3CCCCCC3)cc21. The molecule has 3 heterocycles. The van der Waals surface area contributed by atoms with E-state index in [1.165, 1.54) is 21.3 Å². The largest absolute Gasteiger partial charge is 0.482 e. The van der Waals surface area contributed by atoms with Crippen LogP contribution in [0, 0.1) is 0 Å². The van der Waals surface area contributed by atoms with Crippen molar-refractivity contribution in [3.05, 3.63) is 18.2 Å². The smallest absolute Gasteiger partial charge is 0.265 e. The topological polar surface area (TPSA) is 87.2 Å². The highest BCUT2D eigenvalue weighted by atomic mass is 32.2. The van der Waals surface area contributed by atoms with Gasteiger partial charge in [-0.1, -0.05) is 12.8 Å². The van der Waals surface area contributed by atoms with Crippen LogP contribution in [-0.2, 0) is 19.6 Å². The highest BCUT2D eigenvalue weighted by Gasteiger charge is 2.33. The number of rotatable bonds is 4. The number of sulfonamides is 1.